The standard InChI is InChI=1S/C12H15NO2/c13-7-11(12(14)15)10-6-5-8-3-1-2-4-9(8)10/h1-4,10-11H,5-7,13H2,(H,14,15). The van der Waals surface area contributed by atoms with E-state index in [-0.39, 0.29) is 12.5 Å². The van der Waals surface area contributed by atoms with Crippen LogP contribution in [0.25, 0.3) is 0 Å². The van der Waals surface area contributed by atoms with Gasteiger partial charge in [0, 0.05) is 6.54 Å². The number of carboxylic acid groups (broad SMARTS) is 1. The number of hydrogen-bond donors (Lipinski definition) is 2. The molecule has 1 aromatic rings. The summed E-state index contributed by atoms with van der Waals surface area (Å²) in [5, 5.41) is 9.08. The maximum atomic E-state index is 11.0. The minimum absolute atomic E-state index is 0.101. The van der Waals surface area contributed by atoms with Crippen molar-refractivity contribution in [3.8, 4) is 0 Å². The van der Waals surface area contributed by atoms with Gasteiger partial charge in [0.15, 0.2) is 0 Å². The van der Waals surface area contributed by atoms with Crippen molar-refractivity contribution in [2.45, 2.75) is 18.8 Å². The number of rotatable bonds is 3. The fourth-order valence-corrected chi connectivity index (χ4v) is 2.45. The summed E-state index contributed by atoms with van der Waals surface area (Å²) in [7, 11) is 0. The van der Waals surface area contributed by atoms with Crippen LogP contribution in [0.15, 0.2) is 24.3 Å². The molecule has 0 bridgehead atoms. The number of carboxylic acids is 1. The molecule has 0 saturated carbocycles. The van der Waals surface area contributed by atoms with Gasteiger partial charge in [0.05, 0.1) is 5.92 Å². The largest absolute Gasteiger partial charge is 0.481 e. The van der Waals surface area contributed by atoms with E-state index in [9.17, 15) is 4.79 Å². The molecule has 3 nitrogen and oxygen atoms in total. The van der Waals surface area contributed by atoms with Gasteiger partial charge >= 0.3 is 5.97 Å². The molecule has 0 aromatic heterocycles. The van der Waals surface area contributed by atoms with Crippen LogP contribution in [0.5, 0.6) is 0 Å². The number of aryl methyl sites for hydroxylation is 1. The third kappa shape index (κ3) is 1.75. The molecule has 0 fully saturated rings. The Hall–Kier alpha value is -1.35. The Balaban J connectivity index is 2.30. The first-order valence-electron chi connectivity index (χ1n) is 5.24. The number of carbonyl (C=O) groups is 1. The highest BCUT2D eigenvalue weighted by molar-refractivity contribution is 5.72. The molecule has 0 heterocycles. The predicted octanol–water partition coefficient (Wildman–Crippen LogP) is 1.38. The van der Waals surface area contributed by atoms with Crippen molar-refractivity contribution in [3.05, 3.63) is 35.4 Å². The summed E-state index contributed by atoms with van der Waals surface area (Å²) in [6, 6.07) is 8.06. The Kier molecular flexibility index (Phi) is 2.73. The topological polar surface area (TPSA) is 63.3 Å². The number of nitrogens with two attached hydrogens (primary N) is 1. The normalized spacial score (nSPS) is 21.0. The average molecular weight is 205 g/mol. The second-order valence-corrected chi connectivity index (χ2v) is 4.02. The lowest BCUT2D eigenvalue weighted by atomic mass is 9.87. The molecule has 2 unspecified atom stereocenters. The number of aliphatic carboxylic acids is 1. The molecule has 1 aromatic carbocycles. The van der Waals surface area contributed by atoms with Crippen molar-refractivity contribution in [1.29, 1.82) is 0 Å². The first-order chi connectivity index (χ1) is 7.24. The van der Waals surface area contributed by atoms with E-state index < -0.39 is 11.9 Å². The van der Waals surface area contributed by atoms with Crippen LogP contribution < -0.4 is 5.73 Å². The highest BCUT2D eigenvalue weighted by Crippen LogP contribution is 2.37. The molecule has 0 aliphatic heterocycles. The fraction of sp³-hybridized carbons (Fsp3) is 0.417. The van der Waals surface area contributed by atoms with E-state index >= 15 is 0 Å². The summed E-state index contributed by atoms with van der Waals surface area (Å²) in [6.45, 7) is 0.217. The lowest BCUT2D eigenvalue weighted by Crippen LogP contribution is -2.28. The van der Waals surface area contributed by atoms with Crippen LogP contribution in [0.3, 0.4) is 0 Å². The second kappa shape index (κ2) is 4.03. The predicted molar refractivity (Wildman–Crippen MR) is 57.7 cm³/mol. The molecule has 2 atom stereocenters. The third-order valence-corrected chi connectivity index (χ3v) is 3.24. The molecular weight excluding hydrogens is 190 g/mol. The van der Waals surface area contributed by atoms with E-state index in [4.69, 9.17) is 10.8 Å². The quantitative estimate of drug-likeness (QED) is 0.783. The van der Waals surface area contributed by atoms with Gasteiger partial charge in [-0.25, -0.2) is 0 Å². The smallest absolute Gasteiger partial charge is 0.308 e. The fourth-order valence-electron chi connectivity index (χ4n) is 2.45. The summed E-state index contributed by atoms with van der Waals surface area (Å²) in [5.41, 5.74) is 7.99. The SMILES string of the molecule is NCC(C(=O)O)C1CCc2ccccc21. The Labute approximate surface area is 88.9 Å². The van der Waals surface area contributed by atoms with Gasteiger partial charge < -0.3 is 10.8 Å². The van der Waals surface area contributed by atoms with Crippen molar-refractivity contribution < 1.29 is 9.90 Å². The lowest BCUT2D eigenvalue weighted by Gasteiger charge is -2.18. The summed E-state index contributed by atoms with van der Waals surface area (Å²) >= 11 is 0. The highest BCUT2D eigenvalue weighted by Gasteiger charge is 2.32. The molecule has 3 heteroatoms. The molecular formula is C12H15NO2. The van der Waals surface area contributed by atoms with Gasteiger partial charge in [-0.2, -0.15) is 0 Å². The summed E-state index contributed by atoms with van der Waals surface area (Å²) < 4.78 is 0. The van der Waals surface area contributed by atoms with Gasteiger partial charge in [-0.05, 0) is 29.9 Å². The van der Waals surface area contributed by atoms with E-state index in [1.165, 1.54) is 11.1 Å². The van der Waals surface area contributed by atoms with E-state index in [1.54, 1.807) is 0 Å². The first-order valence-corrected chi connectivity index (χ1v) is 5.24. The molecule has 3 N–H and O–H groups in total. The Morgan fingerprint density at radius 3 is 2.93 bits per heavy atom. The zero-order chi connectivity index (χ0) is 10.8. The van der Waals surface area contributed by atoms with Gasteiger partial charge in [0.2, 0.25) is 0 Å². The molecule has 15 heavy (non-hydrogen) atoms. The molecule has 0 saturated heterocycles. The van der Waals surface area contributed by atoms with Gasteiger partial charge in [0.1, 0.15) is 0 Å². The maximum absolute atomic E-state index is 11.0. The van der Waals surface area contributed by atoms with Crippen molar-refractivity contribution in [1.82, 2.24) is 0 Å². The number of benzene rings is 1. The zero-order valence-electron chi connectivity index (χ0n) is 8.52. The maximum Gasteiger partial charge on any atom is 0.308 e. The molecule has 0 radical (unpaired) electrons. The molecule has 2 rings (SSSR count). The first kappa shape index (κ1) is 10.2. The van der Waals surface area contributed by atoms with E-state index in [1.807, 2.05) is 18.2 Å². The minimum Gasteiger partial charge on any atom is -0.481 e. The Morgan fingerprint density at radius 2 is 2.27 bits per heavy atom. The summed E-state index contributed by atoms with van der Waals surface area (Å²) in [6.07, 6.45) is 1.89. The Bertz CT molecular complexity index is 376. The van der Waals surface area contributed by atoms with Gasteiger partial charge in [-0.15, -0.1) is 0 Å². The number of hydrogen-bond acceptors (Lipinski definition) is 2. The summed E-state index contributed by atoms with van der Waals surface area (Å²) in [4.78, 5) is 11.0. The Morgan fingerprint density at radius 1 is 1.53 bits per heavy atom. The molecule has 1 aliphatic carbocycles. The van der Waals surface area contributed by atoms with Crippen LogP contribution in [0.1, 0.15) is 23.5 Å². The van der Waals surface area contributed by atoms with Crippen LogP contribution in [-0.2, 0) is 11.2 Å². The van der Waals surface area contributed by atoms with Crippen molar-refractivity contribution in [2.75, 3.05) is 6.54 Å². The molecule has 0 amide bonds. The van der Waals surface area contributed by atoms with Crippen LogP contribution in [0.4, 0.5) is 0 Å². The van der Waals surface area contributed by atoms with Crippen LogP contribution in [0.2, 0.25) is 0 Å². The van der Waals surface area contributed by atoms with Crippen molar-refractivity contribution in [2.24, 2.45) is 11.7 Å². The van der Waals surface area contributed by atoms with Crippen LogP contribution in [0, 0.1) is 5.92 Å². The van der Waals surface area contributed by atoms with Crippen LogP contribution >= 0.6 is 0 Å². The van der Waals surface area contributed by atoms with E-state index in [2.05, 4.69) is 6.07 Å². The second-order valence-electron chi connectivity index (χ2n) is 4.02. The molecule has 80 valence electrons. The number of fused-ring (bicyclic) bond motifs is 1. The lowest BCUT2D eigenvalue weighted by molar-refractivity contribution is -0.142. The van der Waals surface area contributed by atoms with E-state index in [0.29, 0.717) is 0 Å². The molecule has 0 spiro atoms. The van der Waals surface area contributed by atoms with Gasteiger partial charge in [-0.3, -0.25) is 4.79 Å². The summed E-state index contributed by atoms with van der Waals surface area (Å²) in [5.74, 6) is -1.11. The van der Waals surface area contributed by atoms with Crippen molar-refractivity contribution >= 4 is 5.97 Å². The monoisotopic (exact) mass is 205 g/mol. The third-order valence-electron chi connectivity index (χ3n) is 3.24. The van der Waals surface area contributed by atoms with Gasteiger partial charge in [0.25, 0.3) is 0 Å². The average Bonchev–Trinajstić information content (AvgIpc) is 2.63. The minimum atomic E-state index is -0.779. The van der Waals surface area contributed by atoms with Crippen molar-refractivity contribution in [3.63, 3.8) is 0 Å². The van der Waals surface area contributed by atoms with E-state index in [0.717, 1.165) is 12.8 Å². The molecule has 1 aliphatic rings. The van der Waals surface area contributed by atoms with Crippen LogP contribution in [-0.4, -0.2) is 17.6 Å². The zero-order valence-corrected chi connectivity index (χ0v) is 8.52. The van der Waals surface area contributed by atoms with Gasteiger partial charge in [-0.1, -0.05) is 24.3 Å². The highest BCUT2D eigenvalue weighted by atomic mass is 16.4.